The highest BCUT2D eigenvalue weighted by Crippen LogP contribution is 2.12. The molecule has 0 heterocycles. The molecule has 0 bridgehead atoms. The second kappa shape index (κ2) is 15.8. The topological polar surface area (TPSA) is 273 Å². The lowest BCUT2D eigenvalue weighted by Crippen LogP contribution is -2.58. The number of aromatic hydroxyl groups is 1. The number of phenolic OH excluding ortho intramolecular Hbond substituents is 1. The van der Waals surface area contributed by atoms with E-state index in [1.54, 1.807) is 13.8 Å². The van der Waals surface area contributed by atoms with Gasteiger partial charge in [0.05, 0.1) is 12.5 Å². The molecule has 4 atom stereocenters. The van der Waals surface area contributed by atoms with E-state index in [0.29, 0.717) is 5.56 Å². The fraction of sp³-hybridized carbons (Fsp3) is 0.500. The van der Waals surface area contributed by atoms with E-state index in [2.05, 4.69) is 20.9 Å². The molecule has 4 unspecified atom stereocenters. The van der Waals surface area contributed by atoms with Crippen LogP contribution in [0.15, 0.2) is 29.3 Å². The van der Waals surface area contributed by atoms with Gasteiger partial charge in [-0.05, 0) is 36.5 Å². The van der Waals surface area contributed by atoms with Crippen molar-refractivity contribution in [1.29, 1.82) is 0 Å². The number of carbonyl (C=O) groups excluding carboxylic acids is 3. The molecule has 0 aliphatic carbocycles. The zero-order chi connectivity index (χ0) is 29.7. The summed E-state index contributed by atoms with van der Waals surface area (Å²) in [6.45, 7) is 3.47. The molecule has 0 saturated heterocycles. The summed E-state index contributed by atoms with van der Waals surface area (Å²) in [6.07, 6.45) is -0.731. The van der Waals surface area contributed by atoms with E-state index in [0.717, 1.165) is 0 Å². The van der Waals surface area contributed by atoms with E-state index >= 15 is 0 Å². The van der Waals surface area contributed by atoms with Gasteiger partial charge in [-0.1, -0.05) is 26.0 Å². The summed E-state index contributed by atoms with van der Waals surface area (Å²) in [6, 6.07) is 0.407. The molecule has 0 aliphatic rings. The Morgan fingerprint density at radius 3 is 1.92 bits per heavy atom. The molecule has 15 nitrogen and oxygen atoms in total. The first-order valence-corrected chi connectivity index (χ1v) is 12.2. The molecule has 1 aromatic carbocycles. The predicted molar refractivity (Wildman–Crippen MR) is 140 cm³/mol. The molecule has 0 aromatic heterocycles. The summed E-state index contributed by atoms with van der Waals surface area (Å²) in [5, 5.41) is 35.4. The molecule has 0 radical (unpaired) electrons. The van der Waals surface area contributed by atoms with E-state index in [9.17, 15) is 39.3 Å². The number of aliphatic carboxylic acids is 2. The summed E-state index contributed by atoms with van der Waals surface area (Å²) < 4.78 is 0. The highest BCUT2D eigenvalue weighted by Gasteiger charge is 2.32. The largest absolute Gasteiger partial charge is 0.508 e. The summed E-state index contributed by atoms with van der Waals surface area (Å²) >= 11 is 0. The Kier molecular flexibility index (Phi) is 13.2. The number of benzene rings is 1. The van der Waals surface area contributed by atoms with Gasteiger partial charge in [0.15, 0.2) is 5.96 Å². The molecular formula is C24H37N7O8. The molecule has 15 heteroatoms. The number of nitrogens with one attached hydrogen (secondary N) is 3. The quantitative estimate of drug-likeness (QED) is 0.0614. The van der Waals surface area contributed by atoms with E-state index in [1.165, 1.54) is 24.3 Å². The highest BCUT2D eigenvalue weighted by molar-refractivity contribution is 5.95. The van der Waals surface area contributed by atoms with Crippen molar-refractivity contribution >= 4 is 35.6 Å². The Balaban J connectivity index is 3.15. The number of aliphatic imine (C=N–C) groups is 1. The maximum Gasteiger partial charge on any atom is 0.326 e. The van der Waals surface area contributed by atoms with E-state index < -0.39 is 60.2 Å². The van der Waals surface area contributed by atoms with Crippen LogP contribution in [-0.4, -0.2) is 81.7 Å². The van der Waals surface area contributed by atoms with Crippen molar-refractivity contribution in [2.24, 2.45) is 28.1 Å². The third kappa shape index (κ3) is 12.1. The van der Waals surface area contributed by atoms with E-state index in [1.807, 2.05) is 0 Å². The molecule has 39 heavy (non-hydrogen) atoms. The van der Waals surface area contributed by atoms with Crippen LogP contribution in [0.1, 0.15) is 38.7 Å². The van der Waals surface area contributed by atoms with Crippen LogP contribution in [0, 0.1) is 5.92 Å². The maximum atomic E-state index is 13.1. The first-order valence-electron chi connectivity index (χ1n) is 12.2. The molecule has 0 saturated carbocycles. The molecule has 1 aromatic rings. The molecular weight excluding hydrogens is 514 g/mol. The van der Waals surface area contributed by atoms with Crippen LogP contribution in [0.4, 0.5) is 0 Å². The standard InChI is InChI=1S/C24H37N7O8/c1-12(2)19(25)22(37)31-17(11-18(33)34)21(36)30-16(10-13-5-7-14(32)8-6-13)20(35)29-15(23(38)39)4-3-9-28-24(26)27/h5-8,12,15-17,19,32H,3-4,9-11,25H2,1-2H3,(H,29,35)(H,30,36)(H,31,37)(H,33,34)(H,38,39)(H4,26,27,28). The number of phenols is 1. The average molecular weight is 552 g/mol. The average Bonchev–Trinajstić information content (AvgIpc) is 2.84. The lowest BCUT2D eigenvalue weighted by atomic mass is 10.0. The number of hydrogen-bond donors (Lipinski definition) is 9. The van der Waals surface area contributed by atoms with Crippen molar-refractivity contribution in [2.45, 2.75) is 63.7 Å². The number of carbonyl (C=O) groups is 5. The van der Waals surface area contributed by atoms with Crippen molar-refractivity contribution in [1.82, 2.24) is 16.0 Å². The first kappa shape index (κ1) is 32.6. The minimum absolute atomic E-state index is 0.0253. The number of guanidine groups is 1. The summed E-state index contributed by atoms with van der Waals surface area (Å²) in [5.74, 6) is -5.84. The minimum atomic E-state index is -1.57. The fourth-order valence-electron chi connectivity index (χ4n) is 3.34. The number of nitrogens with zero attached hydrogens (tertiary/aromatic N) is 1. The predicted octanol–water partition coefficient (Wildman–Crippen LogP) is -2.01. The highest BCUT2D eigenvalue weighted by atomic mass is 16.4. The van der Waals surface area contributed by atoms with Gasteiger partial charge in [0.25, 0.3) is 0 Å². The van der Waals surface area contributed by atoms with Crippen molar-refractivity contribution in [2.75, 3.05) is 6.54 Å². The molecule has 0 fully saturated rings. The Morgan fingerprint density at radius 1 is 0.872 bits per heavy atom. The van der Waals surface area contributed by atoms with E-state index in [-0.39, 0.29) is 43.4 Å². The maximum absolute atomic E-state index is 13.1. The third-order valence-electron chi connectivity index (χ3n) is 5.60. The smallest absolute Gasteiger partial charge is 0.326 e. The van der Waals surface area contributed by atoms with Crippen LogP contribution in [-0.2, 0) is 30.4 Å². The van der Waals surface area contributed by atoms with Gasteiger partial charge in [-0.25, -0.2) is 4.79 Å². The van der Waals surface area contributed by atoms with Gasteiger partial charge < -0.3 is 48.5 Å². The lowest BCUT2D eigenvalue weighted by molar-refractivity contribution is -0.143. The Bertz CT molecular complexity index is 1040. The van der Waals surface area contributed by atoms with Gasteiger partial charge in [-0.15, -0.1) is 0 Å². The monoisotopic (exact) mass is 551 g/mol. The minimum Gasteiger partial charge on any atom is -0.508 e. The Hall–Kier alpha value is -4.40. The van der Waals surface area contributed by atoms with Crippen molar-refractivity contribution in [3.05, 3.63) is 29.8 Å². The molecule has 216 valence electrons. The fourth-order valence-corrected chi connectivity index (χ4v) is 3.34. The molecule has 3 amide bonds. The lowest BCUT2D eigenvalue weighted by Gasteiger charge is -2.25. The number of rotatable bonds is 16. The summed E-state index contributed by atoms with van der Waals surface area (Å²) in [4.78, 5) is 65.5. The van der Waals surface area contributed by atoms with Crippen molar-refractivity contribution in [3.8, 4) is 5.75 Å². The number of amides is 3. The zero-order valence-electron chi connectivity index (χ0n) is 21.8. The molecule has 0 spiro atoms. The van der Waals surface area contributed by atoms with Crippen molar-refractivity contribution < 1.29 is 39.3 Å². The van der Waals surface area contributed by atoms with E-state index in [4.69, 9.17) is 17.2 Å². The number of hydrogen-bond acceptors (Lipinski definition) is 8. The van der Waals surface area contributed by atoms with Gasteiger partial charge in [0.1, 0.15) is 23.9 Å². The second-order valence-corrected chi connectivity index (χ2v) is 9.21. The van der Waals surface area contributed by atoms with Gasteiger partial charge in [0.2, 0.25) is 17.7 Å². The summed E-state index contributed by atoms with van der Waals surface area (Å²) in [5.41, 5.74) is 16.8. The van der Waals surface area contributed by atoms with Crippen LogP contribution in [0.3, 0.4) is 0 Å². The van der Waals surface area contributed by atoms with Gasteiger partial charge in [-0.3, -0.25) is 24.2 Å². The van der Waals surface area contributed by atoms with Crippen LogP contribution >= 0.6 is 0 Å². The normalized spacial score (nSPS) is 13.8. The van der Waals surface area contributed by atoms with Crippen molar-refractivity contribution in [3.63, 3.8) is 0 Å². The van der Waals surface area contributed by atoms with Gasteiger partial charge in [0, 0.05) is 13.0 Å². The zero-order valence-corrected chi connectivity index (χ0v) is 21.8. The Morgan fingerprint density at radius 2 is 1.41 bits per heavy atom. The van der Waals surface area contributed by atoms with Crippen LogP contribution in [0.25, 0.3) is 0 Å². The van der Waals surface area contributed by atoms with Crippen LogP contribution in [0.5, 0.6) is 5.75 Å². The molecule has 0 aliphatic heterocycles. The van der Waals surface area contributed by atoms with Crippen LogP contribution in [0.2, 0.25) is 0 Å². The van der Waals surface area contributed by atoms with Crippen LogP contribution < -0.4 is 33.2 Å². The first-order chi connectivity index (χ1) is 18.2. The number of carboxylic acids is 2. The van der Waals surface area contributed by atoms with Gasteiger partial charge in [-0.2, -0.15) is 0 Å². The summed E-state index contributed by atoms with van der Waals surface area (Å²) in [7, 11) is 0. The molecule has 12 N–H and O–H groups in total. The number of carboxylic acid groups (broad SMARTS) is 2. The number of nitrogens with two attached hydrogens (primary N) is 3. The third-order valence-corrected chi connectivity index (χ3v) is 5.60. The molecule has 1 rings (SSSR count). The second-order valence-electron chi connectivity index (χ2n) is 9.21. The van der Waals surface area contributed by atoms with Gasteiger partial charge >= 0.3 is 11.9 Å². The SMILES string of the molecule is CC(C)C(N)C(=O)NC(CC(=O)O)C(=O)NC(Cc1ccc(O)cc1)C(=O)NC(CCCN=C(N)N)C(=O)O. The Labute approximate surface area is 225 Å².